The second kappa shape index (κ2) is 9.21. The maximum atomic E-state index is 13.1. The predicted molar refractivity (Wildman–Crippen MR) is 114 cm³/mol. The molecular formula is C24H31NO4. The lowest BCUT2D eigenvalue weighted by Gasteiger charge is -2.27. The van der Waals surface area contributed by atoms with Crippen LogP contribution in [0.15, 0.2) is 36.4 Å². The highest BCUT2D eigenvalue weighted by Crippen LogP contribution is 2.39. The van der Waals surface area contributed by atoms with Crippen molar-refractivity contribution < 1.29 is 19.0 Å². The molecule has 2 aromatic carbocycles. The maximum Gasteiger partial charge on any atom is 0.261 e. The summed E-state index contributed by atoms with van der Waals surface area (Å²) in [6.45, 7) is 7.05. The third-order valence-corrected chi connectivity index (χ3v) is 5.51. The molecule has 5 heteroatoms. The number of benzene rings is 2. The van der Waals surface area contributed by atoms with E-state index in [1.807, 2.05) is 36.1 Å². The molecule has 1 unspecified atom stereocenters. The van der Waals surface area contributed by atoms with Gasteiger partial charge in [-0.2, -0.15) is 0 Å². The molecule has 1 aliphatic rings. The van der Waals surface area contributed by atoms with E-state index in [4.69, 9.17) is 14.2 Å². The van der Waals surface area contributed by atoms with Gasteiger partial charge in [-0.05, 0) is 61.1 Å². The fourth-order valence-electron chi connectivity index (χ4n) is 3.95. The highest BCUT2D eigenvalue weighted by molar-refractivity contribution is 5.79. The molecule has 1 saturated heterocycles. The first-order chi connectivity index (χ1) is 13.9. The number of aryl methyl sites for hydroxylation is 1. The molecule has 1 atom stereocenters. The van der Waals surface area contributed by atoms with Gasteiger partial charge in [0.25, 0.3) is 5.91 Å². The van der Waals surface area contributed by atoms with E-state index in [9.17, 15) is 4.79 Å². The van der Waals surface area contributed by atoms with Crippen LogP contribution in [0, 0.1) is 6.92 Å². The van der Waals surface area contributed by atoms with Gasteiger partial charge in [-0.25, -0.2) is 0 Å². The van der Waals surface area contributed by atoms with Crippen LogP contribution in [0.5, 0.6) is 17.2 Å². The van der Waals surface area contributed by atoms with Crippen LogP contribution in [-0.4, -0.2) is 38.2 Å². The van der Waals surface area contributed by atoms with E-state index in [0.29, 0.717) is 5.92 Å². The second-order valence-electron chi connectivity index (χ2n) is 7.84. The Morgan fingerprint density at radius 2 is 1.90 bits per heavy atom. The van der Waals surface area contributed by atoms with E-state index in [0.717, 1.165) is 53.3 Å². The molecular weight excluding hydrogens is 366 g/mol. The molecule has 156 valence electrons. The third-order valence-electron chi connectivity index (χ3n) is 5.51. The summed E-state index contributed by atoms with van der Waals surface area (Å²) in [5.74, 6) is 2.66. The average Bonchev–Trinajstić information content (AvgIpc) is 3.21. The summed E-state index contributed by atoms with van der Waals surface area (Å²) < 4.78 is 16.9. The molecule has 0 radical (unpaired) electrons. The number of nitrogens with zero attached hydrogens (tertiary/aromatic N) is 1. The normalized spacial score (nSPS) is 16.2. The summed E-state index contributed by atoms with van der Waals surface area (Å²) in [4.78, 5) is 15.0. The van der Waals surface area contributed by atoms with Crippen molar-refractivity contribution in [2.45, 2.75) is 45.6 Å². The topological polar surface area (TPSA) is 48.0 Å². The number of hydrogen-bond acceptors (Lipinski definition) is 4. The second-order valence-corrected chi connectivity index (χ2v) is 7.84. The minimum Gasteiger partial charge on any atom is -0.497 e. The van der Waals surface area contributed by atoms with Crippen molar-refractivity contribution in [1.82, 2.24) is 4.90 Å². The molecule has 0 bridgehead atoms. The Kier molecular flexibility index (Phi) is 6.68. The Morgan fingerprint density at radius 1 is 1.10 bits per heavy atom. The van der Waals surface area contributed by atoms with Crippen LogP contribution in [0.2, 0.25) is 0 Å². The molecule has 0 N–H and O–H groups in total. The van der Waals surface area contributed by atoms with Crippen LogP contribution in [0.3, 0.4) is 0 Å². The number of carbonyl (C=O) groups excluding carboxylic acids is 1. The quantitative estimate of drug-likeness (QED) is 0.668. The third kappa shape index (κ3) is 4.66. The van der Waals surface area contributed by atoms with Gasteiger partial charge in [0, 0.05) is 12.1 Å². The molecule has 2 aromatic rings. The molecule has 29 heavy (non-hydrogen) atoms. The number of ether oxygens (including phenoxy) is 3. The van der Waals surface area contributed by atoms with Crippen molar-refractivity contribution in [3.05, 3.63) is 53.1 Å². The zero-order valence-electron chi connectivity index (χ0n) is 18.0. The van der Waals surface area contributed by atoms with Gasteiger partial charge in [0.15, 0.2) is 6.61 Å². The lowest BCUT2D eigenvalue weighted by atomic mass is 10.0. The van der Waals surface area contributed by atoms with Gasteiger partial charge >= 0.3 is 0 Å². The van der Waals surface area contributed by atoms with Gasteiger partial charge in [0.2, 0.25) is 0 Å². The molecule has 0 aliphatic carbocycles. The Bertz CT molecular complexity index is 862. The molecule has 0 spiro atoms. The first-order valence-electron chi connectivity index (χ1n) is 10.2. The maximum absolute atomic E-state index is 13.1. The zero-order chi connectivity index (χ0) is 21.0. The van der Waals surface area contributed by atoms with Crippen molar-refractivity contribution in [3.63, 3.8) is 0 Å². The van der Waals surface area contributed by atoms with Gasteiger partial charge in [-0.15, -0.1) is 0 Å². The van der Waals surface area contributed by atoms with E-state index in [-0.39, 0.29) is 18.6 Å². The molecule has 0 aromatic heterocycles. The van der Waals surface area contributed by atoms with Crippen LogP contribution < -0.4 is 14.2 Å². The molecule has 1 heterocycles. The molecule has 5 nitrogen and oxygen atoms in total. The summed E-state index contributed by atoms with van der Waals surface area (Å²) in [6.07, 6.45) is 1.86. The minimum atomic E-state index is -0.0294. The number of hydrogen-bond donors (Lipinski definition) is 0. The molecule has 0 saturated carbocycles. The summed E-state index contributed by atoms with van der Waals surface area (Å²) in [7, 11) is 3.30. The van der Waals surface area contributed by atoms with E-state index >= 15 is 0 Å². The minimum absolute atomic E-state index is 0.00594. The van der Waals surface area contributed by atoms with Gasteiger partial charge < -0.3 is 19.1 Å². The van der Waals surface area contributed by atoms with Crippen molar-refractivity contribution >= 4 is 5.91 Å². The Labute approximate surface area is 173 Å². The monoisotopic (exact) mass is 397 g/mol. The van der Waals surface area contributed by atoms with Gasteiger partial charge in [-0.3, -0.25) is 4.79 Å². The summed E-state index contributed by atoms with van der Waals surface area (Å²) >= 11 is 0. The Morgan fingerprint density at radius 3 is 2.59 bits per heavy atom. The SMILES string of the molecule is COc1ccc(OC)c(C2CCCN2C(=O)COc2cc(C)ccc2C(C)C)c1. The molecule has 3 rings (SSSR count). The van der Waals surface area contributed by atoms with E-state index < -0.39 is 0 Å². The Hall–Kier alpha value is -2.69. The lowest BCUT2D eigenvalue weighted by molar-refractivity contribution is -0.134. The van der Waals surface area contributed by atoms with Crippen LogP contribution in [-0.2, 0) is 4.79 Å². The number of methoxy groups -OCH3 is 2. The zero-order valence-corrected chi connectivity index (χ0v) is 18.0. The fraction of sp³-hybridized carbons (Fsp3) is 0.458. The largest absolute Gasteiger partial charge is 0.497 e. The summed E-state index contributed by atoms with van der Waals surface area (Å²) in [6, 6.07) is 11.9. The van der Waals surface area contributed by atoms with Crippen molar-refractivity contribution in [3.8, 4) is 17.2 Å². The van der Waals surface area contributed by atoms with Gasteiger partial charge in [0.05, 0.1) is 20.3 Å². The summed E-state index contributed by atoms with van der Waals surface area (Å²) in [5.41, 5.74) is 3.23. The number of rotatable bonds is 7. The number of amides is 1. The van der Waals surface area contributed by atoms with Crippen LogP contribution >= 0.6 is 0 Å². The first-order valence-corrected chi connectivity index (χ1v) is 10.2. The van der Waals surface area contributed by atoms with Crippen molar-refractivity contribution in [2.24, 2.45) is 0 Å². The van der Waals surface area contributed by atoms with Crippen LogP contribution in [0.25, 0.3) is 0 Å². The van der Waals surface area contributed by atoms with E-state index in [2.05, 4.69) is 26.0 Å². The van der Waals surface area contributed by atoms with Crippen LogP contribution in [0.4, 0.5) is 0 Å². The average molecular weight is 398 g/mol. The van der Waals surface area contributed by atoms with Gasteiger partial charge in [0.1, 0.15) is 17.2 Å². The van der Waals surface area contributed by atoms with Crippen LogP contribution in [0.1, 0.15) is 55.3 Å². The summed E-state index contributed by atoms with van der Waals surface area (Å²) in [5, 5.41) is 0. The lowest BCUT2D eigenvalue weighted by Crippen LogP contribution is -2.34. The highest BCUT2D eigenvalue weighted by atomic mass is 16.5. The smallest absolute Gasteiger partial charge is 0.261 e. The number of likely N-dealkylation sites (tertiary alicyclic amines) is 1. The molecule has 1 amide bonds. The molecule has 1 aliphatic heterocycles. The number of carbonyl (C=O) groups is 1. The van der Waals surface area contributed by atoms with Gasteiger partial charge in [-0.1, -0.05) is 26.0 Å². The van der Waals surface area contributed by atoms with Crippen molar-refractivity contribution in [1.29, 1.82) is 0 Å². The first kappa shape index (κ1) is 21.0. The highest BCUT2D eigenvalue weighted by Gasteiger charge is 2.32. The Balaban J connectivity index is 1.77. The van der Waals surface area contributed by atoms with Crippen molar-refractivity contribution in [2.75, 3.05) is 27.4 Å². The van der Waals surface area contributed by atoms with E-state index in [1.54, 1.807) is 14.2 Å². The predicted octanol–water partition coefficient (Wildman–Crippen LogP) is 4.88. The standard InChI is InChI=1S/C24H31NO4/c1-16(2)19-10-8-17(3)13-23(19)29-15-24(26)25-12-6-7-21(25)20-14-18(27-4)9-11-22(20)28-5/h8-11,13-14,16,21H,6-7,12,15H2,1-5H3. The molecule has 1 fully saturated rings. The fourth-order valence-corrected chi connectivity index (χ4v) is 3.95. The van der Waals surface area contributed by atoms with E-state index in [1.165, 1.54) is 0 Å².